The summed E-state index contributed by atoms with van der Waals surface area (Å²) in [7, 11) is -1.31. The summed E-state index contributed by atoms with van der Waals surface area (Å²) in [6, 6.07) is 9.72. The van der Waals surface area contributed by atoms with Crippen LogP contribution in [-0.2, 0) is 9.84 Å². The van der Waals surface area contributed by atoms with Gasteiger partial charge in [-0.2, -0.15) is 0 Å². The molecule has 0 aliphatic carbocycles. The summed E-state index contributed by atoms with van der Waals surface area (Å²) in [5.74, 6) is 0.110. The zero-order valence-electron chi connectivity index (χ0n) is 15.1. The minimum absolute atomic E-state index is 0.0613. The molecule has 0 N–H and O–H groups in total. The van der Waals surface area contributed by atoms with E-state index in [1.54, 1.807) is 11.9 Å². The minimum atomic E-state index is -3.02. The number of carbonyl (C=O) groups excluding carboxylic acids is 1. The van der Waals surface area contributed by atoms with Crippen molar-refractivity contribution in [1.29, 1.82) is 0 Å². The second-order valence-corrected chi connectivity index (χ2v) is 9.11. The molecule has 1 aliphatic heterocycles. The van der Waals surface area contributed by atoms with Crippen LogP contribution in [-0.4, -0.2) is 48.4 Å². The average Bonchev–Trinajstić information content (AvgIpc) is 3.06. The highest BCUT2D eigenvalue weighted by molar-refractivity contribution is 7.91. The number of benzene rings is 1. The van der Waals surface area contributed by atoms with E-state index in [1.165, 1.54) is 0 Å². The maximum Gasteiger partial charge on any atom is 0.255 e. The Morgan fingerprint density at radius 1 is 1.20 bits per heavy atom. The fourth-order valence-corrected chi connectivity index (χ4v) is 5.38. The Balaban J connectivity index is 1.95. The summed E-state index contributed by atoms with van der Waals surface area (Å²) in [5.41, 5.74) is 4.70. The summed E-state index contributed by atoms with van der Waals surface area (Å²) in [6.07, 6.45) is 0.515. The van der Waals surface area contributed by atoms with E-state index >= 15 is 0 Å². The third-order valence-corrected chi connectivity index (χ3v) is 6.84. The average molecular weight is 360 g/mol. The highest BCUT2D eigenvalue weighted by Gasteiger charge is 2.34. The highest BCUT2D eigenvalue weighted by atomic mass is 32.2. The lowest BCUT2D eigenvalue weighted by Gasteiger charge is -2.23. The molecule has 1 fully saturated rings. The van der Waals surface area contributed by atoms with Crippen molar-refractivity contribution in [2.45, 2.75) is 33.2 Å². The van der Waals surface area contributed by atoms with E-state index in [-0.39, 0.29) is 23.5 Å². The van der Waals surface area contributed by atoms with Gasteiger partial charge in [-0.05, 0) is 44.9 Å². The zero-order chi connectivity index (χ0) is 18.4. The van der Waals surface area contributed by atoms with Crippen LogP contribution in [0.5, 0.6) is 0 Å². The van der Waals surface area contributed by atoms with Crippen LogP contribution in [0.4, 0.5) is 0 Å². The van der Waals surface area contributed by atoms with Crippen molar-refractivity contribution >= 4 is 15.7 Å². The maximum atomic E-state index is 13.0. The van der Waals surface area contributed by atoms with E-state index in [0.29, 0.717) is 12.0 Å². The Hall–Kier alpha value is -2.08. The highest BCUT2D eigenvalue weighted by Crippen LogP contribution is 2.25. The van der Waals surface area contributed by atoms with Crippen molar-refractivity contribution < 1.29 is 13.2 Å². The van der Waals surface area contributed by atoms with Crippen LogP contribution in [0.15, 0.2) is 30.3 Å². The second kappa shape index (κ2) is 6.33. The monoisotopic (exact) mass is 360 g/mol. The minimum Gasteiger partial charge on any atom is -0.338 e. The quantitative estimate of drug-likeness (QED) is 0.845. The number of sulfone groups is 1. The van der Waals surface area contributed by atoms with Crippen LogP contribution < -0.4 is 0 Å². The largest absolute Gasteiger partial charge is 0.338 e. The van der Waals surface area contributed by atoms with Gasteiger partial charge in [0.05, 0.1) is 17.1 Å². The summed E-state index contributed by atoms with van der Waals surface area (Å²) >= 11 is 0. The van der Waals surface area contributed by atoms with Gasteiger partial charge in [-0.1, -0.05) is 18.2 Å². The number of nitrogens with zero attached hydrogens (tertiary/aromatic N) is 2. The Kier molecular flexibility index (Phi) is 4.49. The number of amides is 1. The van der Waals surface area contributed by atoms with E-state index in [9.17, 15) is 13.2 Å². The molecule has 0 saturated carbocycles. The smallest absolute Gasteiger partial charge is 0.255 e. The molecule has 6 heteroatoms. The summed E-state index contributed by atoms with van der Waals surface area (Å²) in [4.78, 5) is 14.6. The Morgan fingerprint density at radius 3 is 2.48 bits per heavy atom. The van der Waals surface area contributed by atoms with Crippen molar-refractivity contribution in [2.75, 3.05) is 18.6 Å². The first-order valence-electron chi connectivity index (χ1n) is 8.44. The number of aryl methyl sites for hydroxylation is 2. The first kappa shape index (κ1) is 17.7. The third kappa shape index (κ3) is 3.23. The van der Waals surface area contributed by atoms with Crippen molar-refractivity contribution in [3.8, 4) is 5.69 Å². The fraction of sp³-hybridized carbons (Fsp3) is 0.421. The fourth-order valence-electron chi connectivity index (χ4n) is 3.60. The summed E-state index contributed by atoms with van der Waals surface area (Å²) in [5, 5.41) is 0. The molecule has 1 unspecified atom stereocenters. The standard InChI is InChI=1S/C19H24N2O3S/c1-13-7-5-6-8-18(13)21-14(2)11-17(15(21)3)19(22)20(4)16-9-10-25(23,24)12-16/h5-8,11,16H,9-10,12H2,1-4H3. The van der Waals surface area contributed by atoms with Gasteiger partial charge in [0, 0.05) is 30.2 Å². The molecule has 1 aromatic carbocycles. The van der Waals surface area contributed by atoms with E-state index < -0.39 is 9.84 Å². The molecule has 5 nitrogen and oxygen atoms in total. The van der Waals surface area contributed by atoms with E-state index in [4.69, 9.17) is 0 Å². The molecule has 0 bridgehead atoms. The molecule has 2 aromatic rings. The number of hydrogen-bond acceptors (Lipinski definition) is 3. The van der Waals surface area contributed by atoms with Gasteiger partial charge in [-0.3, -0.25) is 4.79 Å². The Bertz CT molecular complexity index is 928. The van der Waals surface area contributed by atoms with Gasteiger partial charge in [-0.15, -0.1) is 0 Å². The van der Waals surface area contributed by atoms with E-state index in [2.05, 4.69) is 4.57 Å². The predicted molar refractivity (Wildman–Crippen MR) is 99.1 cm³/mol. The van der Waals surface area contributed by atoms with Gasteiger partial charge in [-0.25, -0.2) is 8.42 Å². The maximum absolute atomic E-state index is 13.0. The molecule has 3 rings (SSSR count). The number of carbonyl (C=O) groups is 1. The molecule has 134 valence electrons. The van der Waals surface area contributed by atoms with Crippen molar-refractivity contribution in [1.82, 2.24) is 9.47 Å². The third-order valence-electron chi connectivity index (χ3n) is 5.09. The number of rotatable bonds is 3. The van der Waals surface area contributed by atoms with E-state index in [0.717, 1.165) is 22.6 Å². The Labute approximate surface area is 149 Å². The first-order chi connectivity index (χ1) is 11.7. The van der Waals surface area contributed by atoms with Crippen molar-refractivity contribution in [3.63, 3.8) is 0 Å². The molecule has 1 aliphatic rings. The zero-order valence-corrected chi connectivity index (χ0v) is 15.9. The summed E-state index contributed by atoms with van der Waals surface area (Å²) < 4.78 is 25.5. The topological polar surface area (TPSA) is 59.4 Å². The second-order valence-electron chi connectivity index (χ2n) is 6.88. The molecule has 2 heterocycles. The van der Waals surface area contributed by atoms with Crippen LogP contribution in [0.2, 0.25) is 0 Å². The molecule has 0 spiro atoms. The molecular weight excluding hydrogens is 336 g/mol. The molecule has 1 atom stereocenters. The van der Waals surface area contributed by atoms with Crippen LogP contribution >= 0.6 is 0 Å². The van der Waals surface area contributed by atoms with E-state index in [1.807, 2.05) is 51.1 Å². The van der Waals surface area contributed by atoms with Gasteiger partial charge in [0.1, 0.15) is 0 Å². The first-order valence-corrected chi connectivity index (χ1v) is 10.3. The SMILES string of the molecule is Cc1ccccc1-n1c(C)cc(C(=O)N(C)C2CCS(=O)(=O)C2)c1C. The molecule has 1 saturated heterocycles. The Morgan fingerprint density at radius 2 is 1.88 bits per heavy atom. The normalized spacial score (nSPS) is 19.1. The summed E-state index contributed by atoms with van der Waals surface area (Å²) in [6.45, 7) is 5.97. The molecule has 1 amide bonds. The lowest BCUT2D eigenvalue weighted by molar-refractivity contribution is 0.0747. The van der Waals surface area contributed by atoms with Crippen molar-refractivity contribution in [2.24, 2.45) is 0 Å². The lowest BCUT2D eigenvalue weighted by atomic mass is 10.1. The van der Waals surface area contributed by atoms with Gasteiger partial charge >= 0.3 is 0 Å². The number of hydrogen-bond donors (Lipinski definition) is 0. The van der Waals surface area contributed by atoms with Gasteiger partial charge in [0.2, 0.25) is 0 Å². The molecule has 1 aromatic heterocycles. The molecular formula is C19H24N2O3S. The van der Waals surface area contributed by atoms with Crippen LogP contribution in [0.1, 0.15) is 33.7 Å². The predicted octanol–water partition coefficient (Wildman–Crippen LogP) is 2.66. The van der Waals surface area contributed by atoms with Crippen molar-refractivity contribution in [3.05, 3.63) is 52.8 Å². The molecule has 25 heavy (non-hydrogen) atoms. The van der Waals surface area contributed by atoms with Gasteiger partial charge in [0.25, 0.3) is 5.91 Å². The van der Waals surface area contributed by atoms with Crippen LogP contribution in [0.25, 0.3) is 5.69 Å². The number of para-hydroxylation sites is 1. The molecule has 0 radical (unpaired) electrons. The van der Waals surface area contributed by atoms with Crippen LogP contribution in [0, 0.1) is 20.8 Å². The number of aromatic nitrogens is 1. The van der Waals surface area contributed by atoms with Gasteiger partial charge in [0.15, 0.2) is 9.84 Å². The van der Waals surface area contributed by atoms with Crippen LogP contribution in [0.3, 0.4) is 0 Å². The van der Waals surface area contributed by atoms with Gasteiger partial charge < -0.3 is 9.47 Å². The lowest BCUT2D eigenvalue weighted by Crippen LogP contribution is -2.38.